The number of benzene rings is 1. The molecule has 0 radical (unpaired) electrons. The average molecular weight is 307 g/mol. The van der Waals surface area contributed by atoms with Crippen molar-refractivity contribution in [1.82, 2.24) is 4.98 Å². The highest BCUT2D eigenvalue weighted by atomic mass is 16.1. The quantitative estimate of drug-likeness (QED) is 0.835. The van der Waals surface area contributed by atoms with Crippen LogP contribution in [0.1, 0.15) is 29.8 Å². The third kappa shape index (κ3) is 3.89. The maximum absolute atomic E-state index is 11.7. The lowest BCUT2D eigenvalue weighted by molar-refractivity contribution is 0.100. The predicted octanol–water partition coefficient (Wildman–Crippen LogP) is 2.64. The van der Waals surface area contributed by atoms with E-state index in [0.717, 1.165) is 6.42 Å². The minimum absolute atomic E-state index is 0.379. The van der Waals surface area contributed by atoms with Gasteiger partial charge in [-0.2, -0.15) is 0 Å². The van der Waals surface area contributed by atoms with Crippen molar-refractivity contribution >= 4 is 11.7 Å². The molecule has 0 unspecified atom stereocenters. The summed E-state index contributed by atoms with van der Waals surface area (Å²) < 4.78 is 0. The largest absolute Gasteiger partial charge is 0.365 e. The zero-order valence-electron chi connectivity index (χ0n) is 13.5. The smallest absolute Gasteiger partial charge is 0.252 e. The molecular weight excluding hydrogens is 286 g/mol. The van der Waals surface area contributed by atoms with Gasteiger partial charge in [0.2, 0.25) is 0 Å². The summed E-state index contributed by atoms with van der Waals surface area (Å²) in [6.07, 6.45) is 8.14. The molecule has 4 heteroatoms. The van der Waals surface area contributed by atoms with Crippen LogP contribution in [0.25, 0.3) is 0 Å². The Bertz CT molecular complexity index is 717. The number of hydrogen-bond donors (Lipinski definition) is 1. The number of nitrogens with two attached hydrogens (primary N) is 1. The molecule has 0 saturated carbocycles. The second-order valence-electron chi connectivity index (χ2n) is 5.83. The summed E-state index contributed by atoms with van der Waals surface area (Å²) >= 11 is 0. The van der Waals surface area contributed by atoms with Crippen molar-refractivity contribution in [2.45, 2.75) is 25.8 Å². The summed E-state index contributed by atoms with van der Waals surface area (Å²) in [4.78, 5) is 18.0. The zero-order chi connectivity index (χ0) is 16.9. The lowest BCUT2D eigenvalue weighted by Crippen LogP contribution is -2.45. The molecule has 0 aliphatic rings. The van der Waals surface area contributed by atoms with Gasteiger partial charge in [-0.1, -0.05) is 36.3 Å². The molecule has 1 heterocycles. The van der Waals surface area contributed by atoms with Crippen molar-refractivity contribution in [1.29, 1.82) is 0 Å². The van der Waals surface area contributed by atoms with Gasteiger partial charge in [0.25, 0.3) is 5.91 Å². The summed E-state index contributed by atoms with van der Waals surface area (Å²) in [5, 5.41) is 0. The lowest BCUT2D eigenvalue weighted by Gasteiger charge is -2.36. The van der Waals surface area contributed by atoms with E-state index in [9.17, 15) is 4.79 Å². The number of pyridine rings is 1. The summed E-state index contributed by atoms with van der Waals surface area (Å²) in [5.41, 5.74) is 6.47. The highest BCUT2D eigenvalue weighted by molar-refractivity contribution is 5.97. The van der Waals surface area contributed by atoms with E-state index in [-0.39, 0.29) is 0 Å². The van der Waals surface area contributed by atoms with Gasteiger partial charge in [-0.25, -0.2) is 4.98 Å². The van der Waals surface area contributed by atoms with Crippen molar-refractivity contribution in [3.05, 3.63) is 59.8 Å². The molecule has 2 rings (SSSR count). The zero-order valence-corrected chi connectivity index (χ0v) is 13.5. The van der Waals surface area contributed by atoms with Gasteiger partial charge in [0.1, 0.15) is 5.82 Å². The Balaban J connectivity index is 2.36. The summed E-state index contributed by atoms with van der Waals surface area (Å²) in [6, 6.07) is 13.5. The number of amides is 1. The predicted molar refractivity (Wildman–Crippen MR) is 93.2 cm³/mol. The van der Waals surface area contributed by atoms with E-state index in [1.54, 1.807) is 18.3 Å². The van der Waals surface area contributed by atoms with Gasteiger partial charge in [0.15, 0.2) is 0 Å². The number of hydrogen-bond acceptors (Lipinski definition) is 3. The molecule has 1 amide bonds. The minimum Gasteiger partial charge on any atom is -0.365 e. The minimum atomic E-state index is -0.590. The average Bonchev–Trinajstić information content (AvgIpc) is 2.56. The molecule has 4 nitrogen and oxygen atoms in total. The Morgan fingerprint density at radius 3 is 2.57 bits per heavy atom. The summed E-state index contributed by atoms with van der Waals surface area (Å²) in [6.45, 7) is 4.49. The number of carbonyl (C=O) groups excluding carboxylic acids is 1. The molecule has 0 fully saturated rings. The van der Waals surface area contributed by atoms with E-state index in [1.165, 1.54) is 5.56 Å². The van der Waals surface area contributed by atoms with Crippen LogP contribution >= 0.6 is 0 Å². The van der Waals surface area contributed by atoms with Crippen LogP contribution in [0.15, 0.2) is 48.7 Å². The molecule has 0 atom stereocenters. The van der Waals surface area contributed by atoms with Gasteiger partial charge in [-0.3, -0.25) is 4.79 Å². The first-order valence-electron chi connectivity index (χ1n) is 7.50. The molecule has 23 heavy (non-hydrogen) atoms. The molecule has 0 aliphatic heterocycles. The summed E-state index contributed by atoms with van der Waals surface area (Å²) in [5.74, 6) is 2.79. The standard InChI is InChI=1S/C19H21N3O/c1-4-19(2,3)22(14-12-15-9-6-5-7-10-15)18-16(17(20)23)11-8-13-21-18/h1,5-11,13H,12,14H2,2-3H3,(H2,20,23). The number of aromatic nitrogens is 1. The third-order valence-electron chi connectivity index (χ3n) is 3.80. The van der Waals surface area contributed by atoms with Crippen LogP contribution in [-0.2, 0) is 6.42 Å². The fourth-order valence-electron chi connectivity index (χ4n) is 2.42. The van der Waals surface area contributed by atoms with Crippen LogP contribution < -0.4 is 10.6 Å². The molecule has 2 N–H and O–H groups in total. The second-order valence-corrected chi connectivity index (χ2v) is 5.83. The monoisotopic (exact) mass is 307 g/mol. The number of rotatable bonds is 6. The SMILES string of the molecule is C#CC(C)(C)N(CCc1ccccc1)c1ncccc1C(N)=O. The van der Waals surface area contributed by atoms with Crippen LogP contribution in [0.5, 0.6) is 0 Å². The third-order valence-corrected chi connectivity index (χ3v) is 3.80. The Morgan fingerprint density at radius 2 is 1.96 bits per heavy atom. The van der Waals surface area contributed by atoms with Gasteiger partial charge in [-0.15, -0.1) is 6.42 Å². The van der Waals surface area contributed by atoms with Gasteiger partial charge >= 0.3 is 0 Å². The van der Waals surface area contributed by atoms with Gasteiger partial charge in [0.05, 0.1) is 11.1 Å². The summed E-state index contributed by atoms with van der Waals surface area (Å²) in [7, 11) is 0. The second kappa shape index (κ2) is 6.97. The van der Waals surface area contributed by atoms with Crippen LogP contribution in [0.4, 0.5) is 5.82 Å². The molecule has 0 spiro atoms. The molecule has 0 bridgehead atoms. The van der Waals surface area contributed by atoms with Crippen molar-refractivity contribution < 1.29 is 4.79 Å². The fraction of sp³-hybridized carbons (Fsp3) is 0.263. The molecule has 118 valence electrons. The van der Waals surface area contributed by atoms with Crippen molar-refractivity contribution in [3.8, 4) is 12.3 Å². The van der Waals surface area contributed by atoms with E-state index < -0.39 is 11.4 Å². The topological polar surface area (TPSA) is 59.2 Å². The van der Waals surface area contributed by atoms with E-state index in [0.29, 0.717) is 17.9 Å². The number of primary amides is 1. The highest BCUT2D eigenvalue weighted by Crippen LogP contribution is 2.25. The number of carbonyl (C=O) groups is 1. The first-order valence-corrected chi connectivity index (χ1v) is 7.50. The van der Waals surface area contributed by atoms with Crippen LogP contribution in [-0.4, -0.2) is 23.0 Å². The van der Waals surface area contributed by atoms with Crippen LogP contribution in [0, 0.1) is 12.3 Å². The van der Waals surface area contributed by atoms with Gasteiger partial charge in [-0.05, 0) is 38.0 Å². The number of nitrogens with zero attached hydrogens (tertiary/aromatic N) is 2. The van der Waals surface area contributed by atoms with Gasteiger partial charge in [0, 0.05) is 12.7 Å². The fourth-order valence-corrected chi connectivity index (χ4v) is 2.42. The molecule has 1 aromatic heterocycles. The van der Waals surface area contributed by atoms with Crippen molar-refractivity contribution in [3.63, 3.8) is 0 Å². The van der Waals surface area contributed by atoms with Crippen LogP contribution in [0.2, 0.25) is 0 Å². The van der Waals surface area contributed by atoms with E-state index in [2.05, 4.69) is 23.0 Å². The maximum atomic E-state index is 11.7. The molecule has 1 aromatic carbocycles. The Labute approximate surface area is 137 Å². The first-order chi connectivity index (χ1) is 11.0. The number of terminal acetylenes is 1. The van der Waals surface area contributed by atoms with Gasteiger partial charge < -0.3 is 10.6 Å². The Kier molecular flexibility index (Phi) is 5.02. The van der Waals surface area contributed by atoms with E-state index in [1.807, 2.05) is 36.9 Å². The highest BCUT2D eigenvalue weighted by Gasteiger charge is 2.28. The van der Waals surface area contributed by atoms with Crippen molar-refractivity contribution in [2.24, 2.45) is 5.73 Å². The maximum Gasteiger partial charge on any atom is 0.252 e. The molecule has 0 aliphatic carbocycles. The van der Waals surface area contributed by atoms with E-state index in [4.69, 9.17) is 12.2 Å². The normalized spacial score (nSPS) is 10.8. The first kappa shape index (κ1) is 16.6. The van der Waals surface area contributed by atoms with Crippen LogP contribution in [0.3, 0.4) is 0 Å². The van der Waals surface area contributed by atoms with E-state index >= 15 is 0 Å². The Hall–Kier alpha value is -2.80. The number of anilines is 1. The lowest BCUT2D eigenvalue weighted by atomic mass is 10.0. The Morgan fingerprint density at radius 1 is 1.26 bits per heavy atom. The molecular formula is C19H21N3O. The molecule has 0 saturated heterocycles. The molecule has 2 aromatic rings. The van der Waals surface area contributed by atoms with Crippen molar-refractivity contribution in [2.75, 3.05) is 11.4 Å².